The van der Waals surface area contributed by atoms with Crippen molar-refractivity contribution in [1.82, 2.24) is 0 Å². The number of benzene rings is 3. The lowest BCUT2D eigenvalue weighted by Gasteiger charge is -2.53. The minimum absolute atomic E-state index is 0.00268. The predicted molar refractivity (Wildman–Crippen MR) is 143 cm³/mol. The second-order valence-corrected chi connectivity index (χ2v) is 10.9. The fourth-order valence-electron chi connectivity index (χ4n) is 6.12. The van der Waals surface area contributed by atoms with Crippen molar-refractivity contribution in [3.05, 3.63) is 87.3 Å². The molecule has 3 aromatic carbocycles. The van der Waals surface area contributed by atoms with Crippen molar-refractivity contribution in [3.8, 4) is 23.0 Å². The molecule has 4 atom stereocenters. The highest BCUT2D eigenvalue weighted by atomic mass is 16.5. The van der Waals surface area contributed by atoms with E-state index in [1.165, 1.54) is 18.2 Å². The average molecular weight is 532 g/mol. The zero-order chi connectivity index (χ0) is 27.7. The number of nitrogens with two attached hydrogens (primary N) is 1. The Balaban J connectivity index is 1.40. The topological polar surface area (TPSA) is 167 Å². The largest absolute Gasteiger partial charge is 0.508 e. The first-order chi connectivity index (χ1) is 18.5. The van der Waals surface area contributed by atoms with E-state index in [-0.39, 0.29) is 57.6 Å². The second kappa shape index (κ2) is 8.65. The Morgan fingerprint density at radius 1 is 1.03 bits per heavy atom. The number of phenols is 3. The summed E-state index contributed by atoms with van der Waals surface area (Å²) in [6.45, 7) is 1.85. The molecule has 0 radical (unpaired) electrons. The number of hydrogen-bond donors (Lipinski definition) is 6. The summed E-state index contributed by atoms with van der Waals surface area (Å²) in [5.41, 5.74) is 5.22. The number of fused-ring (bicyclic) bond motifs is 3. The number of nitrogen functional groups attached to an aromatic ring is 1. The minimum atomic E-state index is -1.47. The van der Waals surface area contributed by atoms with Gasteiger partial charge in [0.15, 0.2) is 5.43 Å². The van der Waals surface area contributed by atoms with Gasteiger partial charge in [0.2, 0.25) is 0 Å². The molecule has 39 heavy (non-hydrogen) atoms. The van der Waals surface area contributed by atoms with E-state index in [2.05, 4.69) is 0 Å². The van der Waals surface area contributed by atoms with Crippen molar-refractivity contribution in [2.24, 2.45) is 0 Å². The van der Waals surface area contributed by atoms with E-state index in [9.17, 15) is 30.3 Å². The number of phenolic OH excluding ortho intramolecular Hbond substituents is 3. The van der Waals surface area contributed by atoms with Crippen LogP contribution in [0.2, 0.25) is 0 Å². The lowest BCUT2D eigenvalue weighted by atomic mass is 9.63. The van der Waals surface area contributed by atoms with Gasteiger partial charge in [-0.1, -0.05) is 12.1 Å². The lowest BCUT2D eigenvalue weighted by molar-refractivity contribution is -0.164. The summed E-state index contributed by atoms with van der Waals surface area (Å²) in [4.78, 5) is 13.1. The Kier molecular flexibility index (Phi) is 5.57. The van der Waals surface area contributed by atoms with Gasteiger partial charge >= 0.3 is 0 Å². The van der Waals surface area contributed by atoms with Gasteiger partial charge < -0.3 is 40.4 Å². The fourth-order valence-corrected chi connectivity index (χ4v) is 6.12. The maximum atomic E-state index is 13.1. The average Bonchev–Trinajstić information content (AvgIpc) is 2.87. The Morgan fingerprint density at radius 3 is 2.41 bits per heavy atom. The molecule has 1 aliphatic carbocycles. The number of hydrogen-bond acceptors (Lipinski definition) is 9. The van der Waals surface area contributed by atoms with Crippen LogP contribution in [-0.2, 0) is 6.42 Å². The molecule has 0 bridgehead atoms. The number of aromatic hydroxyl groups is 3. The van der Waals surface area contributed by atoms with E-state index in [1.54, 1.807) is 0 Å². The van der Waals surface area contributed by atoms with Crippen molar-refractivity contribution >= 4 is 16.7 Å². The summed E-state index contributed by atoms with van der Waals surface area (Å²) in [7, 11) is 0. The highest BCUT2D eigenvalue weighted by Gasteiger charge is 2.56. The van der Waals surface area contributed by atoms with Gasteiger partial charge in [-0.15, -0.1) is 0 Å². The molecule has 9 heteroatoms. The maximum absolute atomic E-state index is 13.1. The molecule has 4 aromatic rings. The highest BCUT2D eigenvalue weighted by Crippen LogP contribution is 2.54. The molecule has 1 fully saturated rings. The van der Waals surface area contributed by atoms with Crippen molar-refractivity contribution in [3.63, 3.8) is 0 Å². The summed E-state index contributed by atoms with van der Waals surface area (Å²) in [6, 6.07) is 13.8. The fraction of sp³-hybridized carbons (Fsp3) is 0.300. The smallest absolute Gasteiger partial charge is 0.196 e. The molecule has 2 heterocycles. The van der Waals surface area contributed by atoms with Crippen LogP contribution in [0.5, 0.6) is 23.0 Å². The molecule has 7 N–H and O–H groups in total. The molecule has 0 amide bonds. The van der Waals surface area contributed by atoms with Crippen molar-refractivity contribution in [2.75, 3.05) is 5.73 Å². The van der Waals surface area contributed by atoms with Crippen LogP contribution in [0, 0.1) is 0 Å². The van der Waals surface area contributed by atoms with E-state index < -0.39 is 22.7 Å². The normalized spacial score (nSPS) is 24.9. The van der Waals surface area contributed by atoms with Gasteiger partial charge in [-0.05, 0) is 67.5 Å². The van der Waals surface area contributed by atoms with Crippen molar-refractivity contribution < 1.29 is 34.7 Å². The molecule has 0 saturated heterocycles. The molecule has 202 valence electrons. The minimum Gasteiger partial charge on any atom is -0.508 e. The van der Waals surface area contributed by atoms with Crippen LogP contribution in [0.3, 0.4) is 0 Å². The highest BCUT2D eigenvalue weighted by molar-refractivity contribution is 5.87. The van der Waals surface area contributed by atoms with E-state index in [0.717, 1.165) is 24.1 Å². The van der Waals surface area contributed by atoms with Gasteiger partial charge in [0.1, 0.15) is 57.0 Å². The van der Waals surface area contributed by atoms with Gasteiger partial charge in [-0.2, -0.15) is 0 Å². The van der Waals surface area contributed by atoms with Crippen LogP contribution in [0.1, 0.15) is 60.7 Å². The summed E-state index contributed by atoms with van der Waals surface area (Å²) in [5, 5.41) is 53.2. The summed E-state index contributed by atoms with van der Waals surface area (Å²) in [6.07, 6.45) is 0.306. The zero-order valence-corrected chi connectivity index (χ0v) is 21.2. The van der Waals surface area contributed by atoms with E-state index in [1.807, 2.05) is 31.2 Å². The van der Waals surface area contributed by atoms with Gasteiger partial charge in [0.05, 0.1) is 0 Å². The van der Waals surface area contributed by atoms with Crippen LogP contribution < -0.4 is 15.9 Å². The Labute approximate surface area is 223 Å². The number of aliphatic hydroxyl groups excluding tert-OH is 1. The van der Waals surface area contributed by atoms with E-state index in [0.29, 0.717) is 24.1 Å². The SMILES string of the molecule is C[C@]12C[C@H](c3ccc(N)cc3)CC[C@@]1(O)Cc1c(cc3oc([C@H](O)c4cc(O)cc(O)c4)cc(=O)c3c1O)O2. The molecule has 0 spiro atoms. The van der Waals surface area contributed by atoms with Gasteiger partial charge in [0.25, 0.3) is 0 Å². The van der Waals surface area contributed by atoms with Gasteiger partial charge in [-0.25, -0.2) is 0 Å². The molecule has 9 nitrogen and oxygen atoms in total. The Bertz CT molecular complexity index is 1640. The number of ether oxygens (including phenoxy) is 1. The molecule has 6 rings (SSSR count). The third kappa shape index (κ3) is 4.05. The first-order valence-corrected chi connectivity index (χ1v) is 12.8. The van der Waals surface area contributed by atoms with Gasteiger partial charge in [-0.3, -0.25) is 4.79 Å². The first kappa shape index (κ1) is 25.1. The molecule has 1 saturated carbocycles. The molecular weight excluding hydrogens is 502 g/mol. The number of aliphatic hydroxyl groups is 2. The third-order valence-electron chi connectivity index (χ3n) is 8.33. The quantitative estimate of drug-likeness (QED) is 0.214. The lowest BCUT2D eigenvalue weighted by Crippen LogP contribution is -2.62. The summed E-state index contributed by atoms with van der Waals surface area (Å²) in [5.74, 6) is -0.588. The van der Waals surface area contributed by atoms with Crippen LogP contribution >= 0.6 is 0 Å². The van der Waals surface area contributed by atoms with Crippen molar-refractivity contribution in [2.45, 2.75) is 55.8 Å². The Hall–Kier alpha value is -4.21. The molecule has 1 aliphatic heterocycles. The third-order valence-corrected chi connectivity index (χ3v) is 8.33. The molecule has 0 unspecified atom stereocenters. The monoisotopic (exact) mass is 531 g/mol. The van der Waals surface area contributed by atoms with E-state index in [4.69, 9.17) is 14.9 Å². The maximum Gasteiger partial charge on any atom is 0.196 e. The zero-order valence-electron chi connectivity index (χ0n) is 21.2. The van der Waals surface area contributed by atoms with E-state index >= 15 is 0 Å². The standard InChI is InChI=1S/C30H29NO8/c1-29-13-16(15-2-4-18(31)5-3-15)6-7-30(29,37)14-21-23(39-29)12-24-26(28(21)36)22(34)11-25(38-24)27(35)17-8-19(32)10-20(33)9-17/h2-5,8-12,16,27,32-33,35-37H,6-7,13-14,31H2,1H3/t16-,27-,29+,30-/m1/s1. The summed E-state index contributed by atoms with van der Waals surface area (Å²) < 4.78 is 12.3. The molecule has 2 aliphatic rings. The number of anilines is 1. The van der Waals surface area contributed by atoms with Crippen LogP contribution in [-0.4, -0.2) is 36.7 Å². The molecule has 1 aromatic heterocycles. The molecular formula is C30H29NO8. The van der Waals surface area contributed by atoms with Crippen molar-refractivity contribution in [1.29, 1.82) is 0 Å². The van der Waals surface area contributed by atoms with Crippen LogP contribution in [0.25, 0.3) is 11.0 Å². The Morgan fingerprint density at radius 2 is 1.72 bits per heavy atom. The predicted octanol–water partition coefficient (Wildman–Crippen LogP) is 3.97. The first-order valence-electron chi connectivity index (χ1n) is 12.8. The second-order valence-electron chi connectivity index (χ2n) is 10.9. The van der Waals surface area contributed by atoms with Crippen LogP contribution in [0.4, 0.5) is 5.69 Å². The van der Waals surface area contributed by atoms with Crippen LogP contribution in [0.15, 0.2) is 63.8 Å². The summed E-state index contributed by atoms with van der Waals surface area (Å²) >= 11 is 0. The number of rotatable bonds is 3. The van der Waals surface area contributed by atoms with Gasteiger partial charge in [0, 0.05) is 35.9 Å².